The molecule has 0 aliphatic carbocycles. The van der Waals surface area contributed by atoms with Gasteiger partial charge in [-0.15, -0.1) is 0 Å². The molecule has 0 spiro atoms. The maximum Gasteiger partial charge on any atom is 0.340 e. The number of rotatable bonds is 2. The topological polar surface area (TPSA) is 43.1 Å². The lowest BCUT2D eigenvalue weighted by molar-refractivity contribution is -0.390. The third-order valence-corrected chi connectivity index (χ3v) is 1.89. The summed E-state index contributed by atoms with van der Waals surface area (Å²) >= 11 is 3.91. The van der Waals surface area contributed by atoms with Crippen LogP contribution in [0.4, 0.5) is 14.5 Å². The van der Waals surface area contributed by atoms with Crippen LogP contribution in [0.1, 0.15) is 12.0 Å². The van der Waals surface area contributed by atoms with E-state index < -0.39 is 22.2 Å². The van der Waals surface area contributed by atoms with Crippen molar-refractivity contribution in [1.82, 2.24) is 0 Å². The van der Waals surface area contributed by atoms with E-state index >= 15 is 0 Å². The largest absolute Gasteiger partial charge is 0.340 e. The normalized spacial score (nSPS) is 9.44. The van der Waals surface area contributed by atoms with Gasteiger partial charge in [-0.1, -0.05) is 11.8 Å². The van der Waals surface area contributed by atoms with Crippen LogP contribution in [0.25, 0.3) is 0 Å². The van der Waals surface area contributed by atoms with Crippen molar-refractivity contribution >= 4 is 18.3 Å². The number of nitro groups is 1. The zero-order valence-electron chi connectivity index (χ0n) is 8.04. The average molecular weight is 243 g/mol. The Morgan fingerprint density at radius 3 is 2.38 bits per heavy atom. The van der Waals surface area contributed by atoms with Crippen molar-refractivity contribution in [3.05, 3.63) is 39.4 Å². The van der Waals surface area contributed by atoms with Gasteiger partial charge in [0.05, 0.1) is 4.92 Å². The van der Waals surface area contributed by atoms with E-state index in [1.54, 1.807) is 0 Å². The molecule has 0 radical (unpaired) electrons. The van der Waals surface area contributed by atoms with E-state index in [-0.39, 0.29) is 5.56 Å². The van der Waals surface area contributed by atoms with Gasteiger partial charge in [-0.2, -0.15) is 21.4 Å². The van der Waals surface area contributed by atoms with Crippen LogP contribution in [-0.2, 0) is 0 Å². The fourth-order valence-electron chi connectivity index (χ4n) is 1.03. The highest BCUT2D eigenvalue weighted by Crippen LogP contribution is 2.22. The number of nitrogens with zero attached hydrogens (tertiary/aromatic N) is 1. The first-order valence-corrected chi connectivity index (χ1v) is 4.92. The molecular weight excluding hydrogens is 236 g/mol. The van der Waals surface area contributed by atoms with Gasteiger partial charge >= 0.3 is 5.69 Å². The molecule has 84 valence electrons. The summed E-state index contributed by atoms with van der Waals surface area (Å²) < 4.78 is 26.2. The molecule has 1 aromatic rings. The lowest BCUT2D eigenvalue weighted by Gasteiger charge is -1.96. The monoisotopic (exact) mass is 243 g/mol. The van der Waals surface area contributed by atoms with Gasteiger partial charge in [0.15, 0.2) is 0 Å². The molecule has 0 aliphatic heterocycles. The van der Waals surface area contributed by atoms with E-state index in [2.05, 4.69) is 24.5 Å². The number of thiol groups is 1. The van der Waals surface area contributed by atoms with Crippen LogP contribution in [0.2, 0.25) is 0 Å². The zero-order chi connectivity index (χ0) is 12.1. The third-order valence-electron chi connectivity index (χ3n) is 1.67. The Morgan fingerprint density at radius 2 is 1.94 bits per heavy atom. The van der Waals surface area contributed by atoms with Gasteiger partial charge in [-0.3, -0.25) is 10.1 Å². The van der Waals surface area contributed by atoms with Crippen molar-refractivity contribution in [2.24, 2.45) is 0 Å². The van der Waals surface area contributed by atoms with Crippen LogP contribution in [0, 0.1) is 33.6 Å². The predicted molar refractivity (Wildman–Crippen MR) is 58.4 cm³/mol. The van der Waals surface area contributed by atoms with Gasteiger partial charge in [0.2, 0.25) is 11.6 Å². The zero-order valence-corrected chi connectivity index (χ0v) is 8.93. The summed E-state index contributed by atoms with van der Waals surface area (Å²) in [7, 11) is 0. The molecule has 0 heterocycles. The van der Waals surface area contributed by atoms with Gasteiger partial charge in [0.1, 0.15) is 0 Å². The predicted octanol–water partition coefficient (Wildman–Crippen LogP) is 2.54. The first kappa shape index (κ1) is 12.5. The number of benzene rings is 1. The standard InChI is InChI=1S/C10H7F2NO2S/c11-8-5-7(3-1-2-4-16)6-9(12)10(8)13(14)15/h5-6,16H,2,4H2. The first-order valence-electron chi connectivity index (χ1n) is 4.29. The van der Waals surface area contributed by atoms with Crippen molar-refractivity contribution < 1.29 is 13.7 Å². The Morgan fingerprint density at radius 1 is 1.38 bits per heavy atom. The summed E-state index contributed by atoms with van der Waals surface area (Å²) in [6.45, 7) is 0. The highest BCUT2D eigenvalue weighted by molar-refractivity contribution is 7.80. The molecule has 0 saturated heterocycles. The molecule has 16 heavy (non-hydrogen) atoms. The lowest BCUT2D eigenvalue weighted by atomic mass is 10.2. The summed E-state index contributed by atoms with van der Waals surface area (Å²) in [6, 6.07) is 1.68. The number of hydrogen-bond donors (Lipinski definition) is 1. The van der Waals surface area contributed by atoms with Crippen molar-refractivity contribution in [2.45, 2.75) is 6.42 Å². The molecule has 0 fully saturated rings. The van der Waals surface area contributed by atoms with Gasteiger partial charge in [-0.25, -0.2) is 0 Å². The minimum absolute atomic E-state index is 0.0717. The van der Waals surface area contributed by atoms with E-state index in [9.17, 15) is 18.9 Å². The smallest absolute Gasteiger partial charge is 0.258 e. The average Bonchev–Trinajstić information content (AvgIpc) is 2.16. The number of nitro benzene ring substituents is 1. The quantitative estimate of drug-likeness (QED) is 0.375. The molecular formula is C10H7F2NO2S. The molecule has 0 aliphatic rings. The Bertz CT molecular complexity index is 456. The molecule has 0 aromatic heterocycles. The van der Waals surface area contributed by atoms with Crippen molar-refractivity contribution in [3.63, 3.8) is 0 Å². The maximum absolute atomic E-state index is 13.1. The first-order chi connectivity index (χ1) is 7.56. The number of hydrogen-bond acceptors (Lipinski definition) is 3. The lowest BCUT2D eigenvalue weighted by Crippen LogP contribution is -1.97. The molecule has 1 aromatic carbocycles. The summed E-state index contributed by atoms with van der Waals surface area (Å²) in [5.74, 6) is 3.21. The molecule has 3 nitrogen and oxygen atoms in total. The fraction of sp³-hybridized carbons (Fsp3) is 0.200. The van der Waals surface area contributed by atoms with Gasteiger partial charge in [0.25, 0.3) is 0 Å². The molecule has 0 saturated carbocycles. The Kier molecular flexibility index (Phi) is 4.26. The van der Waals surface area contributed by atoms with E-state index in [0.29, 0.717) is 12.2 Å². The molecule has 0 atom stereocenters. The van der Waals surface area contributed by atoms with Crippen LogP contribution >= 0.6 is 12.6 Å². The molecule has 0 bridgehead atoms. The number of halogens is 2. The van der Waals surface area contributed by atoms with Crippen LogP contribution in [0.15, 0.2) is 12.1 Å². The summed E-state index contributed by atoms with van der Waals surface area (Å²) in [4.78, 5) is 9.19. The Hall–Kier alpha value is -1.61. The van der Waals surface area contributed by atoms with Gasteiger partial charge in [0, 0.05) is 17.7 Å². The minimum Gasteiger partial charge on any atom is -0.258 e. The van der Waals surface area contributed by atoms with Crippen LogP contribution < -0.4 is 0 Å². The summed E-state index contributed by atoms with van der Waals surface area (Å²) in [5, 5.41) is 10.3. The maximum atomic E-state index is 13.1. The van der Waals surface area contributed by atoms with E-state index in [4.69, 9.17) is 0 Å². The molecule has 0 N–H and O–H groups in total. The van der Waals surface area contributed by atoms with Crippen molar-refractivity contribution in [1.29, 1.82) is 0 Å². The fourth-order valence-corrected chi connectivity index (χ4v) is 1.14. The highest BCUT2D eigenvalue weighted by atomic mass is 32.1. The van der Waals surface area contributed by atoms with E-state index in [1.165, 1.54) is 0 Å². The Labute approximate surface area is 96.0 Å². The molecule has 1 rings (SSSR count). The second-order valence-electron chi connectivity index (χ2n) is 2.82. The van der Waals surface area contributed by atoms with E-state index in [1.807, 2.05) is 0 Å². The SMILES string of the molecule is O=[N+]([O-])c1c(F)cc(C#CCCS)cc1F. The second kappa shape index (κ2) is 5.47. The second-order valence-corrected chi connectivity index (χ2v) is 3.27. The van der Waals surface area contributed by atoms with Crippen LogP contribution in [0.3, 0.4) is 0 Å². The van der Waals surface area contributed by atoms with Gasteiger partial charge in [-0.05, 0) is 12.1 Å². The van der Waals surface area contributed by atoms with Crippen molar-refractivity contribution in [3.8, 4) is 11.8 Å². The van der Waals surface area contributed by atoms with Crippen LogP contribution in [0.5, 0.6) is 0 Å². The summed E-state index contributed by atoms with van der Waals surface area (Å²) in [6.07, 6.45) is 0.476. The van der Waals surface area contributed by atoms with Gasteiger partial charge < -0.3 is 0 Å². The van der Waals surface area contributed by atoms with Crippen LogP contribution in [-0.4, -0.2) is 10.7 Å². The highest BCUT2D eigenvalue weighted by Gasteiger charge is 2.21. The molecule has 6 heteroatoms. The van der Waals surface area contributed by atoms with Crippen molar-refractivity contribution in [2.75, 3.05) is 5.75 Å². The molecule has 0 amide bonds. The summed E-state index contributed by atoms with van der Waals surface area (Å²) in [5.41, 5.74) is -1.08. The molecule has 0 unspecified atom stereocenters. The van der Waals surface area contributed by atoms with E-state index in [0.717, 1.165) is 12.1 Å². The third kappa shape index (κ3) is 2.94. The minimum atomic E-state index is -1.22. The Balaban J connectivity index is 3.11.